The van der Waals surface area contributed by atoms with E-state index in [0.717, 1.165) is 5.75 Å². The maximum atomic E-state index is 11.5. The molecule has 110 valence electrons. The smallest absolute Gasteiger partial charge is 0.169 e. The summed E-state index contributed by atoms with van der Waals surface area (Å²) >= 11 is 0. The van der Waals surface area contributed by atoms with Crippen LogP contribution in [0.3, 0.4) is 0 Å². The molecule has 2 rings (SSSR count). The predicted molar refractivity (Wildman–Crippen MR) is 73.3 cm³/mol. The third-order valence-electron chi connectivity index (χ3n) is 3.06. The highest BCUT2D eigenvalue weighted by Gasteiger charge is 2.42. The molecule has 0 saturated heterocycles. The molecule has 1 aromatic carbocycles. The molecule has 0 spiro atoms. The number of Topliss-reactive ketones (excluding diaryl/α,β-unsaturated/α-hetero) is 1. The fraction of sp³-hybridized carbons (Fsp3) is 0.533. The normalized spacial score (nSPS) is 21.4. The van der Waals surface area contributed by atoms with Crippen LogP contribution in [0, 0.1) is 0 Å². The van der Waals surface area contributed by atoms with Gasteiger partial charge in [0, 0.05) is 13.5 Å². The molecule has 5 nitrogen and oxygen atoms in total. The molecule has 0 bridgehead atoms. The lowest BCUT2D eigenvalue weighted by Gasteiger charge is -2.34. The number of hydrogen-bond acceptors (Lipinski definition) is 5. The van der Waals surface area contributed by atoms with Gasteiger partial charge >= 0.3 is 0 Å². The molecule has 0 N–H and O–H groups in total. The van der Waals surface area contributed by atoms with E-state index in [1.54, 1.807) is 7.11 Å². The van der Waals surface area contributed by atoms with Crippen molar-refractivity contribution in [3.05, 3.63) is 24.3 Å². The molecule has 1 aliphatic rings. The van der Waals surface area contributed by atoms with Crippen molar-refractivity contribution in [2.75, 3.05) is 26.9 Å². The van der Waals surface area contributed by atoms with E-state index < -0.39 is 6.10 Å². The highest BCUT2D eigenvalue weighted by atomic mass is 16.6. The lowest BCUT2D eigenvalue weighted by Crippen LogP contribution is -2.52. The second-order valence-electron chi connectivity index (χ2n) is 4.52. The Balaban J connectivity index is 1.84. The summed E-state index contributed by atoms with van der Waals surface area (Å²) in [5.41, 5.74) is 0. The van der Waals surface area contributed by atoms with E-state index in [1.807, 2.05) is 31.2 Å². The van der Waals surface area contributed by atoms with E-state index in [0.29, 0.717) is 32.0 Å². The van der Waals surface area contributed by atoms with Gasteiger partial charge in [-0.1, -0.05) is 0 Å². The van der Waals surface area contributed by atoms with Crippen molar-refractivity contribution >= 4 is 5.78 Å². The Morgan fingerprint density at radius 1 is 1.15 bits per heavy atom. The maximum Gasteiger partial charge on any atom is 0.169 e. The maximum absolute atomic E-state index is 11.5. The molecule has 1 saturated carbocycles. The van der Waals surface area contributed by atoms with Crippen LogP contribution in [0.15, 0.2) is 24.3 Å². The zero-order valence-corrected chi connectivity index (χ0v) is 11.8. The topological polar surface area (TPSA) is 54.0 Å². The fourth-order valence-electron chi connectivity index (χ4n) is 1.99. The van der Waals surface area contributed by atoms with Gasteiger partial charge in [0.25, 0.3) is 0 Å². The Morgan fingerprint density at radius 3 is 2.45 bits per heavy atom. The number of ketones is 1. The minimum atomic E-state index is -0.475. The Labute approximate surface area is 118 Å². The van der Waals surface area contributed by atoms with E-state index in [-0.39, 0.29) is 11.9 Å². The Morgan fingerprint density at radius 2 is 1.85 bits per heavy atom. The molecule has 0 aliphatic heterocycles. The summed E-state index contributed by atoms with van der Waals surface area (Å²) < 4.78 is 21.5. The summed E-state index contributed by atoms with van der Waals surface area (Å²) in [6.45, 7) is 3.44. The van der Waals surface area contributed by atoms with Crippen LogP contribution in [-0.2, 0) is 14.3 Å². The van der Waals surface area contributed by atoms with E-state index in [9.17, 15) is 4.79 Å². The first-order valence-corrected chi connectivity index (χ1v) is 6.77. The molecule has 5 heteroatoms. The molecule has 1 aromatic rings. The van der Waals surface area contributed by atoms with Crippen molar-refractivity contribution in [3.8, 4) is 11.5 Å². The quantitative estimate of drug-likeness (QED) is 0.680. The lowest BCUT2D eigenvalue weighted by atomic mass is 9.90. The van der Waals surface area contributed by atoms with Crippen molar-refractivity contribution in [1.82, 2.24) is 0 Å². The van der Waals surface area contributed by atoms with E-state index in [1.165, 1.54) is 0 Å². The number of methoxy groups -OCH3 is 1. The first-order valence-electron chi connectivity index (χ1n) is 6.77. The molecule has 0 aromatic heterocycles. The third kappa shape index (κ3) is 3.71. The van der Waals surface area contributed by atoms with Crippen LogP contribution in [0.1, 0.15) is 13.3 Å². The van der Waals surface area contributed by atoms with Crippen LogP contribution < -0.4 is 9.47 Å². The van der Waals surface area contributed by atoms with Gasteiger partial charge in [-0.2, -0.15) is 0 Å². The largest absolute Gasteiger partial charge is 0.494 e. The number of benzene rings is 1. The minimum absolute atomic E-state index is 0.0806. The molecule has 0 heterocycles. The van der Waals surface area contributed by atoms with Crippen LogP contribution >= 0.6 is 0 Å². The first kappa shape index (κ1) is 14.8. The highest BCUT2D eigenvalue weighted by molar-refractivity contribution is 5.90. The van der Waals surface area contributed by atoms with Crippen molar-refractivity contribution < 1.29 is 23.7 Å². The minimum Gasteiger partial charge on any atom is -0.494 e. The van der Waals surface area contributed by atoms with Gasteiger partial charge in [-0.25, -0.2) is 0 Å². The second kappa shape index (κ2) is 7.26. The Bertz CT molecular complexity index is 428. The van der Waals surface area contributed by atoms with Crippen LogP contribution in [0.2, 0.25) is 0 Å². The van der Waals surface area contributed by atoms with Crippen molar-refractivity contribution in [1.29, 1.82) is 0 Å². The number of hydrogen-bond donors (Lipinski definition) is 0. The van der Waals surface area contributed by atoms with Crippen LogP contribution in [-0.4, -0.2) is 44.9 Å². The zero-order valence-electron chi connectivity index (χ0n) is 11.8. The van der Waals surface area contributed by atoms with Crippen LogP contribution in [0.4, 0.5) is 0 Å². The molecule has 1 fully saturated rings. The van der Waals surface area contributed by atoms with Gasteiger partial charge in [0.05, 0.1) is 19.8 Å². The summed E-state index contributed by atoms with van der Waals surface area (Å²) in [4.78, 5) is 11.5. The molecule has 2 atom stereocenters. The number of carbonyl (C=O) groups excluding carboxylic acids is 1. The zero-order chi connectivity index (χ0) is 14.4. The van der Waals surface area contributed by atoms with Crippen molar-refractivity contribution in [3.63, 3.8) is 0 Å². The molecule has 0 amide bonds. The number of carbonyl (C=O) groups is 1. The average Bonchev–Trinajstić information content (AvgIpc) is 2.45. The molecule has 1 aliphatic carbocycles. The lowest BCUT2D eigenvalue weighted by molar-refractivity contribution is -0.156. The molecular weight excluding hydrogens is 260 g/mol. The van der Waals surface area contributed by atoms with Gasteiger partial charge in [0.15, 0.2) is 11.9 Å². The van der Waals surface area contributed by atoms with Gasteiger partial charge in [-0.15, -0.1) is 0 Å². The van der Waals surface area contributed by atoms with Gasteiger partial charge in [0.2, 0.25) is 0 Å². The highest BCUT2D eigenvalue weighted by Crippen LogP contribution is 2.27. The van der Waals surface area contributed by atoms with Crippen LogP contribution in [0.5, 0.6) is 11.5 Å². The van der Waals surface area contributed by atoms with Crippen LogP contribution in [0.25, 0.3) is 0 Å². The van der Waals surface area contributed by atoms with E-state index in [2.05, 4.69) is 0 Å². The second-order valence-corrected chi connectivity index (χ2v) is 4.52. The van der Waals surface area contributed by atoms with E-state index in [4.69, 9.17) is 18.9 Å². The van der Waals surface area contributed by atoms with Crippen molar-refractivity contribution in [2.24, 2.45) is 0 Å². The fourth-order valence-corrected chi connectivity index (χ4v) is 1.99. The first-order chi connectivity index (χ1) is 9.74. The predicted octanol–water partition coefficient (Wildman–Crippen LogP) is 1.84. The summed E-state index contributed by atoms with van der Waals surface area (Å²) in [7, 11) is 1.60. The molecule has 2 unspecified atom stereocenters. The third-order valence-corrected chi connectivity index (χ3v) is 3.06. The summed E-state index contributed by atoms with van der Waals surface area (Å²) in [5.74, 6) is 1.60. The summed E-state index contributed by atoms with van der Waals surface area (Å²) in [5, 5.41) is 0. The average molecular weight is 280 g/mol. The molecule has 0 radical (unpaired) electrons. The molecule has 20 heavy (non-hydrogen) atoms. The number of ether oxygens (including phenoxy) is 4. The number of rotatable bonds is 8. The summed E-state index contributed by atoms with van der Waals surface area (Å²) in [6, 6.07) is 7.36. The SMILES string of the molecule is CCOc1ccc(OC2CC(=O)C2OCCOC)cc1. The van der Waals surface area contributed by atoms with Crippen molar-refractivity contribution in [2.45, 2.75) is 25.6 Å². The standard InChI is InChI=1S/C15H20O5/c1-3-18-11-4-6-12(7-5-11)20-14-10-13(16)15(14)19-9-8-17-2/h4-7,14-15H,3,8-10H2,1-2H3. The Kier molecular flexibility index (Phi) is 5.38. The summed E-state index contributed by atoms with van der Waals surface area (Å²) in [6.07, 6.45) is -0.292. The van der Waals surface area contributed by atoms with E-state index >= 15 is 0 Å². The molecular formula is C15H20O5. The van der Waals surface area contributed by atoms with Gasteiger partial charge in [-0.05, 0) is 31.2 Å². The van der Waals surface area contributed by atoms with Gasteiger partial charge in [-0.3, -0.25) is 4.79 Å². The Hall–Kier alpha value is -1.59. The van der Waals surface area contributed by atoms with Gasteiger partial charge < -0.3 is 18.9 Å². The van der Waals surface area contributed by atoms with Gasteiger partial charge in [0.1, 0.15) is 17.6 Å². The monoisotopic (exact) mass is 280 g/mol.